The maximum absolute atomic E-state index is 13.5. The number of furan rings is 1. The zero-order valence-electron chi connectivity index (χ0n) is 13.3. The Balaban J connectivity index is 1.56. The fraction of sp³-hybridized carbons (Fsp3) is 0.150. The van der Waals surface area contributed by atoms with Gasteiger partial charge in [0.1, 0.15) is 11.6 Å². The predicted octanol–water partition coefficient (Wildman–Crippen LogP) is 4.87. The van der Waals surface area contributed by atoms with Crippen LogP contribution in [0.15, 0.2) is 59.2 Å². The van der Waals surface area contributed by atoms with E-state index in [0.717, 1.165) is 29.0 Å². The number of hydrogen-bond donors (Lipinski definition) is 0. The quantitative estimate of drug-likeness (QED) is 0.671. The van der Waals surface area contributed by atoms with Gasteiger partial charge in [0, 0.05) is 22.8 Å². The van der Waals surface area contributed by atoms with Crippen LogP contribution in [0.2, 0.25) is 5.02 Å². The standard InChI is InChI=1S/C20H15ClFNO2/c21-16-8-13(9-17(22)12-16)10-20(24)23-6-5-14-11-15(3-4-18(14)23)19-2-1-7-25-19/h1-4,7-9,11-12H,5-6,10H2. The molecule has 1 aromatic heterocycles. The summed E-state index contributed by atoms with van der Waals surface area (Å²) in [6, 6.07) is 13.9. The zero-order valence-corrected chi connectivity index (χ0v) is 14.1. The van der Waals surface area contributed by atoms with Gasteiger partial charge >= 0.3 is 0 Å². The lowest BCUT2D eigenvalue weighted by molar-refractivity contribution is -0.117. The molecule has 4 rings (SSSR count). The van der Waals surface area contributed by atoms with Gasteiger partial charge in [-0.15, -0.1) is 0 Å². The topological polar surface area (TPSA) is 33.5 Å². The number of anilines is 1. The third-order valence-corrected chi connectivity index (χ3v) is 4.58. The van der Waals surface area contributed by atoms with Crippen molar-refractivity contribution in [1.29, 1.82) is 0 Å². The van der Waals surface area contributed by atoms with Crippen molar-refractivity contribution in [2.75, 3.05) is 11.4 Å². The minimum Gasteiger partial charge on any atom is -0.464 e. The van der Waals surface area contributed by atoms with Crippen molar-refractivity contribution in [3.8, 4) is 11.3 Å². The Morgan fingerprint density at radius 1 is 1.20 bits per heavy atom. The number of hydrogen-bond acceptors (Lipinski definition) is 2. The fourth-order valence-electron chi connectivity index (χ4n) is 3.24. The van der Waals surface area contributed by atoms with Crippen LogP contribution in [0.25, 0.3) is 11.3 Å². The van der Waals surface area contributed by atoms with Crippen LogP contribution < -0.4 is 4.90 Å². The summed E-state index contributed by atoms with van der Waals surface area (Å²) in [7, 11) is 0. The van der Waals surface area contributed by atoms with Crippen LogP contribution in [0.4, 0.5) is 10.1 Å². The first-order valence-electron chi connectivity index (χ1n) is 8.02. The number of rotatable bonds is 3. The van der Waals surface area contributed by atoms with Gasteiger partial charge in [0.25, 0.3) is 0 Å². The minimum absolute atomic E-state index is 0.0637. The molecule has 0 bridgehead atoms. The van der Waals surface area contributed by atoms with E-state index in [1.54, 1.807) is 17.2 Å². The molecule has 3 aromatic rings. The van der Waals surface area contributed by atoms with Crippen LogP contribution in [0.3, 0.4) is 0 Å². The Hall–Kier alpha value is -2.59. The van der Waals surface area contributed by atoms with Crippen molar-refractivity contribution in [2.24, 2.45) is 0 Å². The molecule has 5 heteroatoms. The van der Waals surface area contributed by atoms with Crippen LogP contribution in [0.1, 0.15) is 11.1 Å². The van der Waals surface area contributed by atoms with Crippen LogP contribution in [-0.4, -0.2) is 12.5 Å². The average Bonchev–Trinajstić information content (AvgIpc) is 3.23. The van der Waals surface area contributed by atoms with E-state index in [1.165, 1.54) is 12.1 Å². The second-order valence-corrected chi connectivity index (χ2v) is 6.51. The van der Waals surface area contributed by atoms with E-state index in [2.05, 4.69) is 6.07 Å². The number of nitrogens with zero attached hydrogens (tertiary/aromatic N) is 1. The molecule has 0 saturated carbocycles. The van der Waals surface area contributed by atoms with E-state index < -0.39 is 5.82 Å². The molecule has 2 aromatic carbocycles. The van der Waals surface area contributed by atoms with Crippen molar-refractivity contribution in [1.82, 2.24) is 0 Å². The van der Waals surface area contributed by atoms with E-state index in [-0.39, 0.29) is 12.3 Å². The van der Waals surface area contributed by atoms with Gasteiger partial charge in [0.15, 0.2) is 0 Å². The van der Waals surface area contributed by atoms with E-state index in [4.69, 9.17) is 16.0 Å². The maximum atomic E-state index is 13.5. The van der Waals surface area contributed by atoms with E-state index in [9.17, 15) is 9.18 Å². The van der Waals surface area contributed by atoms with Crippen LogP contribution in [0, 0.1) is 5.82 Å². The summed E-state index contributed by atoms with van der Waals surface area (Å²) in [5.74, 6) is 0.313. The number of carbonyl (C=O) groups is 1. The molecule has 0 aliphatic carbocycles. The molecule has 1 aliphatic rings. The van der Waals surface area contributed by atoms with Gasteiger partial charge in [-0.25, -0.2) is 4.39 Å². The molecule has 2 heterocycles. The Bertz CT molecular complexity index is 917. The predicted molar refractivity (Wildman–Crippen MR) is 95.3 cm³/mol. The van der Waals surface area contributed by atoms with Crippen molar-refractivity contribution in [2.45, 2.75) is 12.8 Å². The van der Waals surface area contributed by atoms with E-state index in [1.807, 2.05) is 24.3 Å². The van der Waals surface area contributed by atoms with Crippen molar-refractivity contribution >= 4 is 23.2 Å². The highest BCUT2D eigenvalue weighted by atomic mass is 35.5. The SMILES string of the molecule is O=C(Cc1cc(F)cc(Cl)c1)N1CCc2cc(-c3ccco3)ccc21. The van der Waals surface area contributed by atoms with Crippen molar-refractivity contribution in [3.05, 3.63) is 76.8 Å². The molecular formula is C20H15ClFNO2. The molecule has 0 radical (unpaired) electrons. The highest BCUT2D eigenvalue weighted by Gasteiger charge is 2.25. The van der Waals surface area contributed by atoms with Crippen LogP contribution >= 0.6 is 11.6 Å². The monoisotopic (exact) mass is 355 g/mol. The first-order chi connectivity index (χ1) is 12.1. The summed E-state index contributed by atoms with van der Waals surface area (Å²) >= 11 is 5.87. The lowest BCUT2D eigenvalue weighted by Crippen LogP contribution is -2.30. The Labute approximate surface area is 149 Å². The molecule has 1 amide bonds. The maximum Gasteiger partial charge on any atom is 0.231 e. The second-order valence-electron chi connectivity index (χ2n) is 6.07. The Morgan fingerprint density at radius 3 is 2.84 bits per heavy atom. The zero-order chi connectivity index (χ0) is 17.4. The molecule has 0 spiro atoms. The number of amides is 1. The van der Waals surface area contributed by atoms with Crippen molar-refractivity contribution < 1.29 is 13.6 Å². The minimum atomic E-state index is -0.430. The molecule has 1 aliphatic heterocycles. The third-order valence-electron chi connectivity index (χ3n) is 4.36. The Morgan fingerprint density at radius 2 is 2.08 bits per heavy atom. The first kappa shape index (κ1) is 15.9. The van der Waals surface area contributed by atoms with Gasteiger partial charge in [-0.2, -0.15) is 0 Å². The van der Waals surface area contributed by atoms with E-state index >= 15 is 0 Å². The summed E-state index contributed by atoms with van der Waals surface area (Å²) in [6.07, 6.45) is 2.55. The average molecular weight is 356 g/mol. The second kappa shape index (κ2) is 6.37. The lowest BCUT2D eigenvalue weighted by Gasteiger charge is -2.17. The molecule has 126 valence electrons. The highest BCUT2D eigenvalue weighted by molar-refractivity contribution is 6.30. The number of halogens is 2. The fourth-order valence-corrected chi connectivity index (χ4v) is 3.48. The lowest BCUT2D eigenvalue weighted by atomic mass is 10.1. The Kier molecular flexibility index (Phi) is 4.06. The van der Waals surface area contributed by atoms with E-state index in [0.29, 0.717) is 17.1 Å². The first-order valence-corrected chi connectivity index (χ1v) is 8.40. The number of benzene rings is 2. The van der Waals surface area contributed by atoms with Crippen molar-refractivity contribution in [3.63, 3.8) is 0 Å². The van der Waals surface area contributed by atoms with Gasteiger partial charge in [0.05, 0.1) is 12.7 Å². The van der Waals surface area contributed by atoms with Gasteiger partial charge in [-0.1, -0.05) is 11.6 Å². The van der Waals surface area contributed by atoms with Gasteiger partial charge in [0.2, 0.25) is 5.91 Å². The summed E-state index contributed by atoms with van der Waals surface area (Å²) in [6.45, 7) is 0.624. The number of fused-ring (bicyclic) bond motifs is 1. The summed E-state index contributed by atoms with van der Waals surface area (Å²) in [5.41, 5.74) is 3.59. The number of carbonyl (C=O) groups excluding carboxylic acids is 1. The van der Waals surface area contributed by atoms with Gasteiger partial charge < -0.3 is 9.32 Å². The molecule has 0 atom stereocenters. The third kappa shape index (κ3) is 3.17. The molecule has 0 unspecified atom stereocenters. The molecule has 25 heavy (non-hydrogen) atoms. The smallest absolute Gasteiger partial charge is 0.231 e. The van der Waals surface area contributed by atoms with Gasteiger partial charge in [-0.3, -0.25) is 4.79 Å². The molecule has 3 nitrogen and oxygen atoms in total. The summed E-state index contributed by atoms with van der Waals surface area (Å²) in [5, 5.41) is 0.299. The normalized spacial score (nSPS) is 13.1. The largest absolute Gasteiger partial charge is 0.464 e. The summed E-state index contributed by atoms with van der Waals surface area (Å²) < 4.78 is 18.9. The summed E-state index contributed by atoms with van der Waals surface area (Å²) in [4.78, 5) is 14.4. The molecule has 0 N–H and O–H groups in total. The molecule has 0 fully saturated rings. The van der Waals surface area contributed by atoms with Crippen LogP contribution in [-0.2, 0) is 17.6 Å². The van der Waals surface area contributed by atoms with Gasteiger partial charge in [-0.05, 0) is 66.1 Å². The molecule has 0 saturated heterocycles. The van der Waals surface area contributed by atoms with Crippen LogP contribution in [0.5, 0.6) is 0 Å². The molecular weight excluding hydrogens is 341 g/mol. The highest BCUT2D eigenvalue weighted by Crippen LogP contribution is 2.33.